The molecule has 1 fully saturated rings. The predicted molar refractivity (Wildman–Crippen MR) is 133 cm³/mol. The number of hydrogen-bond acceptors (Lipinski definition) is 3. The Morgan fingerprint density at radius 1 is 1.03 bits per heavy atom. The third-order valence-electron chi connectivity index (χ3n) is 8.05. The maximum atomic E-state index is 11.4. The fourth-order valence-electron chi connectivity index (χ4n) is 6.72. The van der Waals surface area contributed by atoms with Crippen LogP contribution in [0.3, 0.4) is 0 Å². The summed E-state index contributed by atoms with van der Waals surface area (Å²) < 4.78 is 7.09. The lowest BCUT2D eigenvalue weighted by Gasteiger charge is -2.38. The van der Waals surface area contributed by atoms with Crippen LogP contribution in [0.5, 0.6) is 0 Å². The van der Waals surface area contributed by atoms with Gasteiger partial charge in [-0.15, -0.1) is 0 Å². The summed E-state index contributed by atoms with van der Waals surface area (Å²) in [5, 5.41) is 11.4. The highest BCUT2D eigenvalue weighted by atomic mass is 16.5. The molecule has 3 nitrogen and oxygen atoms in total. The van der Waals surface area contributed by atoms with Crippen LogP contribution in [-0.2, 0) is 23.2 Å². The van der Waals surface area contributed by atoms with Crippen LogP contribution < -0.4 is 0 Å². The molecule has 2 aliphatic carbocycles. The van der Waals surface area contributed by atoms with Crippen molar-refractivity contribution in [3.05, 3.63) is 63.5 Å². The zero-order chi connectivity index (χ0) is 23.5. The first-order valence-electron chi connectivity index (χ1n) is 13.1. The Balaban J connectivity index is 1.70. The molecule has 1 spiro atoms. The molecule has 0 unspecified atom stereocenters. The second kappa shape index (κ2) is 8.20. The summed E-state index contributed by atoms with van der Waals surface area (Å²) in [6, 6.07) is 9.08. The van der Waals surface area contributed by atoms with Gasteiger partial charge in [0.05, 0.1) is 11.7 Å². The van der Waals surface area contributed by atoms with E-state index in [0.717, 1.165) is 43.4 Å². The fourth-order valence-corrected chi connectivity index (χ4v) is 6.72. The minimum absolute atomic E-state index is 0.0653. The number of aliphatic hydroxyl groups is 1. The van der Waals surface area contributed by atoms with E-state index in [1.54, 1.807) is 0 Å². The summed E-state index contributed by atoms with van der Waals surface area (Å²) in [6.07, 6.45) is 6.74. The minimum atomic E-state index is -0.459. The van der Waals surface area contributed by atoms with Gasteiger partial charge < -0.3 is 9.84 Å². The molecule has 1 aliphatic heterocycles. The van der Waals surface area contributed by atoms with Gasteiger partial charge >= 0.3 is 0 Å². The second-order valence-corrected chi connectivity index (χ2v) is 12.4. The molecular weight excluding hydrogens is 406 g/mol. The van der Waals surface area contributed by atoms with Crippen LogP contribution in [0.1, 0.15) is 131 Å². The van der Waals surface area contributed by atoms with Gasteiger partial charge in [0, 0.05) is 22.5 Å². The molecule has 3 heteroatoms. The van der Waals surface area contributed by atoms with Gasteiger partial charge in [-0.1, -0.05) is 78.6 Å². The molecule has 5 rings (SSSR count). The number of benzene rings is 1. The lowest BCUT2D eigenvalue weighted by molar-refractivity contribution is -0.0580. The summed E-state index contributed by atoms with van der Waals surface area (Å²) >= 11 is 0. The number of aliphatic hydroxyl groups excluding tert-OH is 1. The van der Waals surface area contributed by atoms with Crippen molar-refractivity contribution >= 4 is 0 Å². The quantitative estimate of drug-likeness (QED) is 0.535. The van der Waals surface area contributed by atoms with Crippen LogP contribution in [0.2, 0.25) is 0 Å². The smallest absolute Gasteiger partial charge is 0.111 e. The van der Waals surface area contributed by atoms with Gasteiger partial charge in [-0.25, -0.2) is 0 Å². The second-order valence-electron chi connectivity index (χ2n) is 12.4. The molecule has 2 atom stereocenters. The van der Waals surface area contributed by atoms with Gasteiger partial charge in [-0.05, 0) is 66.0 Å². The first-order chi connectivity index (χ1) is 15.6. The number of aromatic nitrogens is 1. The van der Waals surface area contributed by atoms with Crippen LogP contribution in [0, 0.1) is 11.3 Å². The van der Waals surface area contributed by atoms with Crippen molar-refractivity contribution in [3.8, 4) is 0 Å². The molecular formula is C30H41NO2. The number of pyridine rings is 1. The van der Waals surface area contributed by atoms with Crippen LogP contribution >= 0.6 is 0 Å². The van der Waals surface area contributed by atoms with Crippen LogP contribution in [0.25, 0.3) is 0 Å². The average Bonchev–Trinajstić information content (AvgIpc) is 3.32. The molecule has 33 heavy (non-hydrogen) atoms. The largest absolute Gasteiger partial charge is 0.388 e. The van der Waals surface area contributed by atoms with Crippen molar-refractivity contribution in [2.75, 3.05) is 0 Å². The highest BCUT2D eigenvalue weighted by Gasteiger charge is 2.52. The molecule has 0 bridgehead atoms. The summed E-state index contributed by atoms with van der Waals surface area (Å²) in [5.41, 5.74) is 8.38. The molecule has 0 radical (unpaired) electrons. The molecule has 1 aromatic heterocycles. The Morgan fingerprint density at radius 3 is 2.30 bits per heavy atom. The van der Waals surface area contributed by atoms with Crippen molar-refractivity contribution in [3.63, 3.8) is 0 Å². The Labute approximate surface area is 200 Å². The van der Waals surface area contributed by atoms with Gasteiger partial charge in [-0.3, -0.25) is 4.98 Å². The summed E-state index contributed by atoms with van der Waals surface area (Å²) in [6.45, 7) is 13.6. The highest BCUT2D eigenvalue weighted by molar-refractivity contribution is 5.54. The fraction of sp³-hybridized carbons (Fsp3) is 0.633. The normalized spacial score (nSPS) is 25.1. The molecule has 0 saturated heterocycles. The SMILES string of the molecule is CC(C)Cc1ccc([C@H]2OC3(CCCC3)c3c2c(C(C)C)nc2c3[C@@H](O)CC(C)(C)C2)cc1. The molecule has 3 aliphatic rings. The monoisotopic (exact) mass is 447 g/mol. The Morgan fingerprint density at radius 2 is 1.70 bits per heavy atom. The Hall–Kier alpha value is -1.71. The van der Waals surface area contributed by atoms with Crippen molar-refractivity contribution in [2.24, 2.45) is 11.3 Å². The Bertz CT molecular complexity index is 1030. The lowest BCUT2D eigenvalue weighted by atomic mass is 9.70. The molecule has 2 heterocycles. The maximum absolute atomic E-state index is 11.4. The third kappa shape index (κ3) is 3.96. The van der Waals surface area contributed by atoms with Crippen molar-refractivity contribution in [1.82, 2.24) is 4.98 Å². The van der Waals surface area contributed by atoms with E-state index in [9.17, 15) is 5.11 Å². The lowest BCUT2D eigenvalue weighted by Crippen LogP contribution is -2.32. The van der Waals surface area contributed by atoms with Crippen LogP contribution in [0.15, 0.2) is 24.3 Å². The molecule has 1 saturated carbocycles. The molecule has 2 aromatic rings. The Kier molecular flexibility index (Phi) is 5.73. The predicted octanol–water partition coefficient (Wildman–Crippen LogP) is 7.30. The van der Waals surface area contributed by atoms with Crippen LogP contribution in [0.4, 0.5) is 0 Å². The van der Waals surface area contributed by atoms with E-state index in [2.05, 4.69) is 65.8 Å². The number of nitrogens with zero attached hydrogens (tertiary/aromatic N) is 1. The summed E-state index contributed by atoms with van der Waals surface area (Å²) in [5.74, 6) is 0.962. The first kappa shape index (κ1) is 23.1. The number of fused-ring (bicyclic) bond motifs is 4. The molecule has 1 N–H and O–H groups in total. The van der Waals surface area contributed by atoms with Crippen LogP contribution in [-0.4, -0.2) is 10.1 Å². The number of hydrogen-bond donors (Lipinski definition) is 1. The highest BCUT2D eigenvalue weighted by Crippen LogP contribution is 2.59. The topological polar surface area (TPSA) is 42.4 Å². The first-order valence-corrected chi connectivity index (χ1v) is 13.1. The van der Waals surface area contributed by atoms with E-state index in [4.69, 9.17) is 9.72 Å². The van der Waals surface area contributed by atoms with Crippen molar-refractivity contribution in [1.29, 1.82) is 0 Å². The molecule has 0 amide bonds. The van der Waals surface area contributed by atoms with Gasteiger partial charge in [0.15, 0.2) is 0 Å². The van der Waals surface area contributed by atoms with E-state index in [1.165, 1.54) is 40.8 Å². The number of rotatable bonds is 4. The van der Waals surface area contributed by atoms with Gasteiger partial charge in [-0.2, -0.15) is 0 Å². The van der Waals surface area contributed by atoms with Gasteiger partial charge in [0.1, 0.15) is 6.10 Å². The maximum Gasteiger partial charge on any atom is 0.111 e. The van der Waals surface area contributed by atoms with E-state index in [0.29, 0.717) is 11.8 Å². The van der Waals surface area contributed by atoms with E-state index >= 15 is 0 Å². The zero-order valence-corrected chi connectivity index (χ0v) is 21.4. The third-order valence-corrected chi connectivity index (χ3v) is 8.05. The minimum Gasteiger partial charge on any atom is -0.388 e. The van der Waals surface area contributed by atoms with Crippen molar-refractivity contribution in [2.45, 2.75) is 110 Å². The average molecular weight is 448 g/mol. The van der Waals surface area contributed by atoms with Crippen molar-refractivity contribution < 1.29 is 9.84 Å². The summed E-state index contributed by atoms with van der Waals surface area (Å²) in [7, 11) is 0. The van der Waals surface area contributed by atoms with E-state index in [1.807, 2.05) is 0 Å². The zero-order valence-electron chi connectivity index (χ0n) is 21.4. The van der Waals surface area contributed by atoms with Gasteiger partial charge in [0.2, 0.25) is 0 Å². The molecule has 1 aromatic carbocycles. The van der Waals surface area contributed by atoms with E-state index < -0.39 is 6.10 Å². The van der Waals surface area contributed by atoms with E-state index in [-0.39, 0.29) is 17.1 Å². The standard InChI is InChI=1S/C30H41NO2/c1-18(2)15-20-9-11-21(12-10-20)28-25-26(30(33-28)13-7-8-14-30)24-22(31-27(25)19(3)4)16-29(5,6)17-23(24)32/h9-12,18-19,23,28,32H,7-8,13-17H2,1-6H3/t23-,28+/m0/s1. The van der Waals surface area contributed by atoms with Gasteiger partial charge in [0.25, 0.3) is 0 Å². The number of ether oxygens (including phenoxy) is 1. The molecule has 178 valence electrons. The summed E-state index contributed by atoms with van der Waals surface area (Å²) in [4.78, 5) is 5.28.